The summed E-state index contributed by atoms with van der Waals surface area (Å²) < 4.78 is 0.636. The number of rotatable bonds is 5. The molecular formula is C11H11IO5. The number of carboxylic acids is 2. The molecule has 0 spiro atoms. The van der Waals surface area contributed by atoms with Crippen molar-refractivity contribution in [2.45, 2.75) is 18.9 Å². The van der Waals surface area contributed by atoms with Crippen molar-refractivity contribution < 1.29 is 24.9 Å². The zero-order valence-electron chi connectivity index (χ0n) is 8.76. The molecule has 0 saturated carbocycles. The molecule has 0 heterocycles. The molecule has 0 saturated heterocycles. The molecule has 6 heteroatoms. The number of aliphatic hydroxyl groups is 1. The molecule has 1 aromatic carbocycles. The predicted molar refractivity (Wildman–Crippen MR) is 67.7 cm³/mol. The Kier molecular flexibility index (Phi) is 4.88. The summed E-state index contributed by atoms with van der Waals surface area (Å²) in [5.41, 5.74) is 0.990. The molecule has 0 bridgehead atoms. The van der Waals surface area contributed by atoms with E-state index in [-0.39, 0.29) is 6.42 Å². The van der Waals surface area contributed by atoms with E-state index in [4.69, 9.17) is 10.2 Å². The fourth-order valence-corrected chi connectivity index (χ4v) is 1.97. The summed E-state index contributed by atoms with van der Waals surface area (Å²) in [4.78, 5) is 21.1. The molecule has 0 aromatic heterocycles. The number of aliphatic carboxylic acids is 2. The van der Waals surface area contributed by atoms with E-state index < -0.39 is 18.0 Å². The number of halogens is 1. The lowest BCUT2D eigenvalue weighted by Crippen LogP contribution is -2.12. The van der Waals surface area contributed by atoms with Gasteiger partial charge in [0.15, 0.2) is 6.10 Å². The van der Waals surface area contributed by atoms with Gasteiger partial charge in [0.2, 0.25) is 0 Å². The maximum Gasteiger partial charge on any atom is 0.337 e. The summed E-state index contributed by atoms with van der Waals surface area (Å²) >= 11 is 1.93. The molecule has 3 N–H and O–H groups in total. The molecule has 1 atom stereocenters. The van der Waals surface area contributed by atoms with Gasteiger partial charge in [0.1, 0.15) is 0 Å². The van der Waals surface area contributed by atoms with Gasteiger partial charge in [-0.05, 0) is 40.6 Å². The van der Waals surface area contributed by atoms with Crippen LogP contribution in [0.15, 0.2) is 18.2 Å². The number of benzene rings is 1. The van der Waals surface area contributed by atoms with Crippen molar-refractivity contribution in [1.82, 2.24) is 0 Å². The van der Waals surface area contributed by atoms with Crippen LogP contribution in [-0.2, 0) is 16.0 Å². The first-order valence-corrected chi connectivity index (χ1v) is 5.90. The molecule has 1 aromatic rings. The van der Waals surface area contributed by atoms with Crippen LogP contribution in [0.4, 0.5) is 0 Å². The molecule has 0 fully saturated rings. The lowest BCUT2D eigenvalue weighted by molar-refractivity contribution is -0.147. The van der Waals surface area contributed by atoms with Gasteiger partial charge in [-0.2, -0.15) is 0 Å². The molecule has 0 amide bonds. The van der Waals surface area contributed by atoms with Gasteiger partial charge < -0.3 is 15.3 Å². The second-order valence-electron chi connectivity index (χ2n) is 3.49. The van der Waals surface area contributed by atoms with Crippen LogP contribution in [0.3, 0.4) is 0 Å². The maximum absolute atomic E-state index is 10.7. The average Bonchev–Trinajstić information content (AvgIpc) is 2.26. The Morgan fingerprint density at radius 2 is 1.94 bits per heavy atom. The first-order chi connectivity index (χ1) is 7.91. The summed E-state index contributed by atoms with van der Waals surface area (Å²) in [5.74, 6) is -2.23. The monoisotopic (exact) mass is 350 g/mol. The minimum absolute atomic E-state index is 0.0246. The fourth-order valence-electron chi connectivity index (χ4n) is 1.34. The van der Waals surface area contributed by atoms with Crippen molar-refractivity contribution in [3.8, 4) is 0 Å². The van der Waals surface area contributed by atoms with Crippen molar-refractivity contribution in [3.05, 3.63) is 32.9 Å². The van der Waals surface area contributed by atoms with Crippen LogP contribution in [0.5, 0.6) is 0 Å². The van der Waals surface area contributed by atoms with Gasteiger partial charge in [-0.1, -0.05) is 12.1 Å². The Bertz CT molecular complexity index is 443. The second-order valence-corrected chi connectivity index (χ2v) is 4.65. The van der Waals surface area contributed by atoms with Crippen LogP contribution < -0.4 is 0 Å². The Hall–Kier alpha value is -1.15. The molecule has 5 nitrogen and oxygen atoms in total. The minimum atomic E-state index is -1.58. The molecule has 0 aliphatic carbocycles. The highest BCUT2D eigenvalue weighted by molar-refractivity contribution is 14.1. The van der Waals surface area contributed by atoms with Gasteiger partial charge >= 0.3 is 11.9 Å². The molecule has 1 rings (SSSR count). The maximum atomic E-state index is 10.7. The highest BCUT2D eigenvalue weighted by Gasteiger charge is 2.19. The van der Waals surface area contributed by atoms with Gasteiger partial charge in [0.05, 0.1) is 0 Å². The summed E-state index contributed by atoms with van der Waals surface area (Å²) in [6, 6.07) is 4.92. The zero-order valence-corrected chi connectivity index (χ0v) is 10.9. The Morgan fingerprint density at radius 3 is 2.47 bits per heavy atom. The van der Waals surface area contributed by atoms with Crippen LogP contribution in [0.2, 0.25) is 0 Å². The van der Waals surface area contributed by atoms with E-state index >= 15 is 0 Å². The standard InChI is InChI=1S/C11H11IO5/c12-8-3-1-6(2-4-9(13)14)5-7(8)10(15)11(16)17/h1,3,5,10,15H,2,4H2,(H,13,14)(H,16,17). The normalized spacial score (nSPS) is 12.1. The van der Waals surface area contributed by atoms with E-state index in [1.807, 2.05) is 22.6 Å². The van der Waals surface area contributed by atoms with E-state index in [2.05, 4.69) is 0 Å². The van der Waals surface area contributed by atoms with E-state index in [0.29, 0.717) is 21.1 Å². The summed E-state index contributed by atoms with van der Waals surface area (Å²) in [6.07, 6.45) is -1.29. The van der Waals surface area contributed by atoms with E-state index in [1.165, 1.54) is 6.07 Å². The molecule has 0 radical (unpaired) electrons. The third kappa shape index (κ3) is 3.97. The Balaban J connectivity index is 2.94. The van der Waals surface area contributed by atoms with Gasteiger partial charge in [0.25, 0.3) is 0 Å². The van der Waals surface area contributed by atoms with Crippen LogP contribution in [0.25, 0.3) is 0 Å². The molecule has 0 aliphatic heterocycles. The first kappa shape index (κ1) is 13.9. The van der Waals surface area contributed by atoms with Crippen molar-refractivity contribution in [2.24, 2.45) is 0 Å². The van der Waals surface area contributed by atoms with Crippen LogP contribution in [0, 0.1) is 3.57 Å². The largest absolute Gasteiger partial charge is 0.481 e. The zero-order chi connectivity index (χ0) is 13.0. The highest BCUT2D eigenvalue weighted by atomic mass is 127. The fraction of sp³-hybridized carbons (Fsp3) is 0.273. The molecule has 0 aliphatic rings. The van der Waals surface area contributed by atoms with Crippen LogP contribution in [0.1, 0.15) is 23.7 Å². The van der Waals surface area contributed by atoms with Crippen molar-refractivity contribution >= 4 is 34.5 Å². The van der Waals surface area contributed by atoms with Gasteiger partial charge in [-0.25, -0.2) is 4.79 Å². The average molecular weight is 350 g/mol. The number of hydrogen-bond donors (Lipinski definition) is 3. The summed E-state index contributed by atoms with van der Waals surface area (Å²) in [5, 5.41) is 26.7. The van der Waals surface area contributed by atoms with E-state index in [9.17, 15) is 14.7 Å². The second kappa shape index (κ2) is 5.97. The highest BCUT2D eigenvalue weighted by Crippen LogP contribution is 2.22. The van der Waals surface area contributed by atoms with Gasteiger partial charge in [0, 0.05) is 15.6 Å². The third-order valence-electron chi connectivity index (χ3n) is 2.22. The van der Waals surface area contributed by atoms with E-state index in [0.717, 1.165) is 0 Å². The Morgan fingerprint density at radius 1 is 1.29 bits per heavy atom. The molecule has 17 heavy (non-hydrogen) atoms. The lowest BCUT2D eigenvalue weighted by Gasteiger charge is -2.10. The molecule has 92 valence electrons. The number of carboxylic acid groups (broad SMARTS) is 2. The van der Waals surface area contributed by atoms with Crippen LogP contribution >= 0.6 is 22.6 Å². The summed E-state index contributed by atoms with van der Waals surface area (Å²) in [6.45, 7) is 0. The number of aliphatic hydroxyl groups excluding tert-OH is 1. The number of carbonyl (C=O) groups is 2. The third-order valence-corrected chi connectivity index (χ3v) is 3.20. The lowest BCUT2D eigenvalue weighted by atomic mass is 10.0. The van der Waals surface area contributed by atoms with E-state index in [1.54, 1.807) is 12.1 Å². The molecule has 1 unspecified atom stereocenters. The van der Waals surface area contributed by atoms with Crippen molar-refractivity contribution in [3.63, 3.8) is 0 Å². The molecular weight excluding hydrogens is 339 g/mol. The quantitative estimate of drug-likeness (QED) is 0.699. The van der Waals surface area contributed by atoms with Gasteiger partial charge in [-0.3, -0.25) is 4.79 Å². The van der Waals surface area contributed by atoms with Crippen molar-refractivity contribution in [2.75, 3.05) is 0 Å². The predicted octanol–water partition coefficient (Wildman–Crippen LogP) is 1.43. The number of hydrogen-bond acceptors (Lipinski definition) is 3. The first-order valence-electron chi connectivity index (χ1n) is 4.83. The Labute approximate surface area is 111 Å². The SMILES string of the molecule is O=C(O)CCc1ccc(I)c(C(O)C(=O)O)c1. The minimum Gasteiger partial charge on any atom is -0.481 e. The smallest absolute Gasteiger partial charge is 0.337 e. The summed E-state index contributed by atoms with van der Waals surface area (Å²) in [7, 11) is 0. The van der Waals surface area contributed by atoms with Crippen molar-refractivity contribution in [1.29, 1.82) is 0 Å². The van der Waals surface area contributed by atoms with Gasteiger partial charge in [-0.15, -0.1) is 0 Å². The number of aryl methyl sites for hydroxylation is 1. The topological polar surface area (TPSA) is 94.8 Å². The van der Waals surface area contributed by atoms with Crippen LogP contribution in [-0.4, -0.2) is 27.3 Å².